The molecule has 0 saturated carbocycles. The summed E-state index contributed by atoms with van der Waals surface area (Å²) < 4.78 is 0. The Morgan fingerprint density at radius 1 is 1.33 bits per heavy atom. The van der Waals surface area contributed by atoms with Gasteiger partial charge in [-0.1, -0.05) is 0 Å². The van der Waals surface area contributed by atoms with Gasteiger partial charge in [-0.3, -0.25) is 0 Å². The normalized spacial score (nSPS) is 47.0. The van der Waals surface area contributed by atoms with E-state index < -0.39 is 14.1 Å². The summed E-state index contributed by atoms with van der Waals surface area (Å²) in [6.45, 7) is 0. The summed E-state index contributed by atoms with van der Waals surface area (Å²) in [5.41, 5.74) is 5.69. The first-order valence-corrected chi connectivity index (χ1v) is 20.0. The largest absolute Gasteiger partial charge is 0.220 e. The fourth-order valence-electron chi connectivity index (χ4n) is 0.930. The summed E-state index contributed by atoms with van der Waals surface area (Å²) in [6.07, 6.45) is 0. The second-order valence-corrected chi connectivity index (χ2v) is 29.8. The average Bonchev–Trinajstić information content (AvgIpc) is 1.84. The van der Waals surface area contributed by atoms with Crippen LogP contribution in [0.1, 0.15) is 0 Å². The minimum absolute atomic E-state index is 0.285. The van der Waals surface area contributed by atoms with Crippen LogP contribution in [-0.4, -0.2) is 31.0 Å². The van der Waals surface area contributed by atoms with E-state index in [1.807, 2.05) is 0 Å². The van der Waals surface area contributed by atoms with Gasteiger partial charge in [-0.15, -0.1) is 30.6 Å². The van der Waals surface area contributed by atoms with E-state index in [-0.39, 0.29) is 7.42 Å². The number of hydrogen-bond acceptors (Lipinski definition) is 0. The summed E-state index contributed by atoms with van der Waals surface area (Å²) in [5, 5.41) is 0. The molecule has 0 nitrogen and oxygen atoms in total. The first-order valence-electron chi connectivity index (χ1n) is 4.15. The summed E-state index contributed by atoms with van der Waals surface area (Å²) in [7, 11) is -0.441. The molecule has 0 amide bonds. The SMILES string of the molecule is Cl[SiH]1C[SiH](Br)C1.Cl[Si]1(Br)C[SiH2]C1. The molecule has 0 bridgehead atoms. The lowest BCUT2D eigenvalue weighted by molar-refractivity contribution is 1.67. The zero-order valence-corrected chi connectivity index (χ0v) is 16.1. The van der Waals surface area contributed by atoms with Gasteiger partial charge >= 0.3 is 0 Å². The van der Waals surface area contributed by atoms with Crippen LogP contribution in [0.4, 0.5) is 0 Å². The van der Waals surface area contributed by atoms with Crippen molar-refractivity contribution >= 4 is 83.8 Å². The number of halogens is 4. The van der Waals surface area contributed by atoms with Gasteiger partial charge in [0.1, 0.15) is 15.5 Å². The van der Waals surface area contributed by atoms with Gasteiger partial charge in [0.05, 0.1) is 0 Å². The Labute approximate surface area is 105 Å². The van der Waals surface area contributed by atoms with Gasteiger partial charge in [0.15, 0.2) is 0 Å². The third kappa shape index (κ3) is 4.77. The molecule has 2 heterocycles. The molecular weight excluding hydrogens is 391 g/mol. The predicted molar refractivity (Wildman–Crippen MR) is 77.4 cm³/mol. The highest BCUT2D eigenvalue weighted by Gasteiger charge is 2.34. The van der Waals surface area contributed by atoms with Crippen molar-refractivity contribution in [2.24, 2.45) is 0 Å². The van der Waals surface area contributed by atoms with E-state index in [0.29, 0.717) is 9.52 Å². The Morgan fingerprint density at radius 2 is 1.75 bits per heavy atom. The van der Waals surface area contributed by atoms with E-state index in [4.69, 9.17) is 22.2 Å². The molecule has 2 fully saturated rings. The topological polar surface area (TPSA) is 0 Å². The Kier molecular flexibility index (Phi) is 5.70. The molecule has 0 spiro atoms. The zero-order valence-electron chi connectivity index (χ0n) is 6.70. The fourth-order valence-corrected chi connectivity index (χ4v) is 31.7. The Hall–Kier alpha value is 2.41. The molecule has 0 unspecified atom stereocenters. The van der Waals surface area contributed by atoms with Crippen LogP contribution >= 0.6 is 52.7 Å². The first kappa shape index (κ1) is 12.5. The van der Waals surface area contributed by atoms with Crippen molar-refractivity contribution in [1.29, 1.82) is 0 Å². The second-order valence-electron chi connectivity index (χ2n) is 3.38. The summed E-state index contributed by atoms with van der Waals surface area (Å²) in [6, 6.07) is -1.10. The molecule has 0 aliphatic carbocycles. The van der Waals surface area contributed by atoms with E-state index in [1.54, 1.807) is 0 Å². The van der Waals surface area contributed by atoms with Crippen molar-refractivity contribution in [3.8, 4) is 0 Å². The maximum Gasteiger partial charge on any atom is 0.220 e. The molecule has 2 rings (SSSR count). The third-order valence-electron chi connectivity index (χ3n) is 2.11. The van der Waals surface area contributed by atoms with E-state index >= 15 is 0 Å². The van der Waals surface area contributed by atoms with E-state index in [9.17, 15) is 0 Å². The van der Waals surface area contributed by atoms with Crippen LogP contribution in [0.15, 0.2) is 0 Å². The van der Waals surface area contributed by atoms with Crippen molar-refractivity contribution in [3.63, 3.8) is 0 Å². The molecule has 0 N–H and O–H groups in total. The van der Waals surface area contributed by atoms with Crippen molar-refractivity contribution in [2.75, 3.05) is 0 Å². The standard InChI is InChI=1S/2C2H6BrClSi2/c3-6(4)1-5-2-6;3-5-1-6(4)2-5/h1-2,5H2;5-6H,1-2H2. The van der Waals surface area contributed by atoms with Crippen LogP contribution in [0.25, 0.3) is 0 Å². The van der Waals surface area contributed by atoms with Crippen LogP contribution in [0.3, 0.4) is 0 Å². The van der Waals surface area contributed by atoms with Crippen molar-refractivity contribution in [2.45, 2.75) is 22.7 Å². The Morgan fingerprint density at radius 3 is 1.75 bits per heavy atom. The summed E-state index contributed by atoms with van der Waals surface area (Å²) in [5.74, 6) is 0. The van der Waals surface area contributed by atoms with Gasteiger partial charge in [0.2, 0.25) is 6.00 Å². The first-order chi connectivity index (χ1) is 5.49. The van der Waals surface area contributed by atoms with E-state index in [2.05, 4.69) is 30.6 Å². The lowest BCUT2D eigenvalue weighted by atomic mass is 11.8. The fraction of sp³-hybridized carbons (Fsp3) is 1.00. The van der Waals surface area contributed by atoms with Gasteiger partial charge in [-0.05, 0) is 22.7 Å². The lowest BCUT2D eigenvalue weighted by Gasteiger charge is -2.24. The molecule has 0 aromatic heterocycles. The molecule has 0 radical (unpaired) electrons. The third-order valence-corrected chi connectivity index (χ3v) is 39.4. The molecule has 8 heteroatoms. The molecule has 0 atom stereocenters. The van der Waals surface area contributed by atoms with E-state index in [1.165, 1.54) is 22.7 Å². The van der Waals surface area contributed by atoms with Crippen LogP contribution in [0.5, 0.6) is 0 Å². The maximum atomic E-state index is 5.89. The summed E-state index contributed by atoms with van der Waals surface area (Å²) >= 11 is 18.8. The lowest BCUT2D eigenvalue weighted by Crippen LogP contribution is -2.33. The average molecular weight is 403 g/mol. The molecule has 12 heavy (non-hydrogen) atoms. The molecule has 72 valence electrons. The van der Waals surface area contributed by atoms with Gasteiger partial charge in [-0.25, -0.2) is 0 Å². The highest BCUT2D eigenvalue weighted by Crippen LogP contribution is 2.34. The predicted octanol–water partition coefficient (Wildman–Crippen LogP) is 2.32. The van der Waals surface area contributed by atoms with Gasteiger partial charge in [-0.2, -0.15) is 22.2 Å². The Balaban J connectivity index is 0.000000120. The maximum absolute atomic E-state index is 5.89. The van der Waals surface area contributed by atoms with E-state index in [0.717, 1.165) is 0 Å². The second kappa shape index (κ2) is 5.48. The molecule has 2 aliphatic heterocycles. The molecule has 2 saturated heterocycles. The van der Waals surface area contributed by atoms with Crippen LogP contribution < -0.4 is 0 Å². The van der Waals surface area contributed by atoms with Gasteiger partial charge < -0.3 is 0 Å². The molecule has 0 aromatic rings. The highest BCUT2D eigenvalue weighted by molar-refractivity contribution is 9.27. The Bertz CT molecular complexity index is 140. The molecule has 0 aromatic carbocycles. The van der Waals surface area contributed by atoms with Crippen molar-refractivity contribution < 1.29 is 0 Å². The molecule has 2 aliphatic rings. The van der Waals surface area contributed by atoms with Gasteiger partial charge in [0.25, 0.3) is 0 Å². The highest BCUT2D eigenvalue weighted by atomic mass is 79.9. The van der Waals surface area contributed by atoms with Crippen LogP contribution in [0.2, 0.25) is 22.7 Å². The van der Waals surface area contributed by atoms with Gasteiger partial charge in [0, 0.05) is 9.52 Å². The minimum Gasteiger partial charge on any atom is -0.172 e. The monoisotopic (exact) mass is 400 g/mol. The van der Waals surface area contributed by atoms with Crippen molar-refractivity contribution in [1.82, 2.24) is 0 Å². The quantitative estimate of drug-likeness (QED) is 0.430. The van der Waals surface area contributed by atoms with Crippen molar-refractivity contribution in [3.05, 3.63) is 0 Å². The van der Waals surface area contributed by atoms with Crippen LogP contribution in [0, 0.1) is 0 Å². The smallest absolute Gasteiger partial charge is 0.172 e. The number of rotatable bonds is 0. The zero-order chi connectivity index (χ0) is 9.19. The minimum atomic E-state index is -1.10. The number of hydrogen-bond donors (Lipinski definition) is 0. The van der Waals surface area contributed by atoms with Crippen LogP contribution in [-0.2, 0) is 0 Å². The molecular formula is C4H12Br2Cl2Si4. The summed E-state index contributed by atoms with van der Waals surface area (Å²) in [4.78, 5) is 0.